The van der Waals surface area contributed by atoms with Crippen LogP contribution in [0.3, 0.4) is 0 Å². The number of aliphatic hydroxyl groups excluding tert-OH is 1. The first-order chi connectivity index (χ1) is 17.4. The van der Waals surface area contributed by atoms with Crippen molar-refractivity contribution >= 4 is 27.4 Å². The molecule has 0 radical (unpaired) electrons. The molecule has 0 bridgehead atoms. The predicted octanol–water partition coefficient (Wildman–Crippen LogP) is 4.73. The van der Waals surface area contributed by atoms with Crippen molar-refractivity contribution in [3.05, 3.63) is 88.1 Å². The maximum atomic E-state index is 13.5. The average molecular weight is 482 g/mol. The molecule has 0 spiro atoms. The topological polar surface area (TPSA) is 85.0 Å². The maximum absolute atomic E-state index is 13.5. The van der Waals surface area contributed by atoms with E-state index < -0.39 is 0 Å². The summed E-state index contributed by atoms with van der Waals surface area (Å²) < 4.78 is 3.58. The Morgan fingerprint density at radius 1 is 1.06 bits per heavy atom. The zero-order valence-electron chi connectivity index (χ0n) is 21.1. The number of nitrogens with one attached hydrogen (secondary N) is 1. The number of benzene rings is 2. The van der Waals surface area contributed by atoms with Crippen LogP contribution in [0.25, 0.3) is 32.8 Å². The first-order valence-corrected chi connectivity index (χ1v) is 12.2. The molecule has 36 heavy (non-hydrogen) atoms. The van der Waals surface area contributed by atoms with Gasteiger partial charge in [0, 0.05) is 43.8 Å². The zero-order valence-corrected chi connectivity index (χ0v) is 21.1. The van der Waals surface area contributed by atoms with E-state index in [2.05, 4.69) is 52.1 Å². The van der Waals surface area contributed by atoms with Gasteiger partial charge in [-0.25, -0.2) is 9.67 Å². The zero-order chi connectivity index (χ0) is 25.4. The minimum atomic E-state index is -0.130. The van der Waals surface area contributed by atoms with Crippen LogP contribution < -0.4 is 10.9 Å². The number of anilines is 1. The summed E-state index contributed by atoms with van der Waals surface area (Å²) in [6.45, 7) is 4.78. The van der Waals surface area contributed by atoms with Gasteiger partial charge in [0.05, 0.1) is 23.4 Å². The van der Waals surface area contributed by atoms with Gasteiger partial charge in [0.25, 0.3) is 5.56 Å². The number of hydrogen-bond donors (Lipinski definition) is 2. The molecule has 7 heteroatoms. The summed E-state index contributed by atoms with van der Waals surface area (Å²) in [5.74, 6) is 1.23. The van der Waals surface area contributed by atoms with Crippen LogP contribution in [0.15, 0.2) is 65.7 Å². The molecule has 0 aliphatic rings. The second kappa shape index (κ2) is 9.59. The molecular formula is C29H31N5O2. The number of aliphatic hydroxyl groups is 1. The van der Waals surface area contributed by atoms with Crippen molar-refractivity contribution in [3.63, 3.8) is 0 Å². The first-order valence-electron chi connectivity index (χ1n) is 12.2. The second-order valence-electron chi connectivity index (χ2n) is 9.65. The standard InChI is InChI=1S/C29H31N5O2/c1-18(2)12-25-24-16-34(15-21-14-31-28(30-3)23-11-6-5-10-22(21)23)27(26(24)29(36)33(4)32-25)20-9-7-8-19(13-20)17-35/h5-11,13-14,16,18,35H,12,15,17H2,1-4H3,(H,30,31). The highest BCUT2D eigenvalue weighted by Crippen LogP contribution is 2.33. The number of pyridine rings is 1. The third-order valence-electron chi connectivity index (χ3n) is 6.61. The summed E-state index contributed by atoms with van der Waals surface area (Å²) in [4.78, 5) is 18.2. The molecule has 3 aromatic heterocycles. The molecule has 0 atom stereocenters. The highest BCUT2D eigenvalue weighted by molar-refractivity contribution is 5.97. The molecule has 0 aliphatic heterocycles. The lowest BCUT2D eigenvalue weighted by atomic mass is 10.0. The van der Waals surface area contributed by atoms with E-state index in [4.69, 9.17) is 0 Å². The molecule has 3 heterocycles. The van der Waals surface area contributed by atoms with Gasteiger partial charge in [-0.05, 0) is 40.5 Å². The van der Waals surface area contributed by atoms with Crippen LogP contribution in [-0.2, 0) is 26.6 Å². The van der Waals surface area contributed by atoms with Gasteiger partial charge in [0.1, 0.15) is 5.82 Å². The fourth-order valence-electron chi connectivity index (χ4n) is 4.98. The Kier molecular flexibility index (Phi) is 6.33. The minimum Gasteiger partial charge on any atom is -0.392 e. The van der Waals surface area contributed by atoms with Gasteiger partial charge in [0.15, 0.2) is 0 Å². The lowest BCUT2D eigenvalue weighted by Gasteiger charge is -2.14. The highest BCUT2D eigenvalue weighted by atomic mass is 16.3. The summed E-state index contributed by atoms with van der Waals surface area (Å²) in [5, 5.41) is 21.3. The van der Waals surface area contributed by atoms with Gasteiger partial charge in [-0.15, -0.1) is 0 Å². The maximum Gasteiger partial charge on any atom is 0.276 e. The van der Waals surface area contributed by atoms with E-state index in [0.29, 0.717) is 17.8 Å². The van der Waals surface area contributed by atoms with E-state index >= 15 is 0 Å². The van der Waals surface area contributed by atoms with Crippen molar-refractivity contribution in [2.45, 2.75) is 33.4 Å². The molecule has 5 rings (SSSR count). The first kappa shape index (κ1) is 23.8. The van der Waals surface area contributed by atoms with E-state index in [9.17, 15) is 9.90 Å². The van der Waals surface area contributed by atoms with Crippen molar-refractivity contribution in [1.29, 1.82) is 0 Å². The monoisotopic (exact) mass is 481 g/mol. The van der Waals surface area contributed by atoms with Crippen LogP contribution in [-0.4, -0.2) is 31.5 Å². The third kappa shape index (κ3) is 4.16. The Balaban J connectivity index is 1.80. The van der Waals surface area contributed by atoms with E-state index in [1.54, 1.807) is 7.05 Å². The highest BCUT2D eigenvalue weighted by Gasteiger charge is 2.21. The van der Waals surface area contributed by atoms with Gasteiger partial charge in [-0.2, -0.15) is 5.10 Å². The van der Waals surface area contributed by atoms with Crippen molar-refractivity contribution in [2.75, 3.05) is 12.4 Å². The second-order valence-corrected chi connectivity index (χ2v) is 9.65. The molecule has 7 nitrogen and oxygen atoms in total. The molecule has 184 valence electrons. The molecule has 2 N–H and O–H groups in total. The van der Waals surface area contributed by atoms with Crippen molar-refractivity contribution < 1.29 is 5.11 Å². The summed E-state index contributed by atoms with van der Waals surface area (Å²) in [5.41, 5.74) is 4.35. The Hall–Kier alpha value is -3.97. The van der Waals surface area contributed by atoms with E-state index in [1.807, 2.05) is 49.6 Å². The summed E-state index contributed by atoms with van der Waals surface area (Å²) in [6.07, 6.45) is 4.73. The van der Waals surface area contributed by atoms with Crippen molar-refractivity contribution in [1.82, 2.24) is 19.3 Å². The predicted molar refractivity (Wildman–Crippen MR) is 145 cm³/mol. The fourth-order valence-corrected chi connectivity index (χ4v) is 4.98. The number of fused-ring (bicyclic) bond motifs is 2. The Bertz CT molecular complexity index is 1630. The third-order valence-corrected chi connectivity index (χ3v) is 6.61. The number of nitrogens with zero attached hydrogens (tertiary/aromatic N) is 4. The van der Waals surface area contributed by atoms with Crippen LogP contribution in [0.1, 0.15) is 30.7 Å². The molecule has 0 unspecified atom stereocenters. The van der Waals surface area contributed by atoms with Gasteiger partial charge < -0.3 is 15.0 Å². The van der Waals surface area contributed by atoms with Crippen LogP contribution in [0.2, 0.25) is 0 Å². The summed E-state index contributed by atoms with van der Waals surface area (Å²) >= 11 is 0. The Labute approximate surface area is 210 Å². The quantitative estimate of drug-likeness (QED) is 0.351. The smallest absolute Gasteiger partial charge is 0.276 e. The average Bonchev–Trinajstić information content (AvgIpc) is 3.26. The SMILES string of the molecule is CNc1ncc(Cn2cc3c(CC(C)C)nn(C)c(=O)c3c2-c2cccc(CO)c2)c2ccccc12. The van der Waals surface area contributed by atoms with Crippen molar-refractivity contribution in [3.8, 4) is 11.3 Å². The number of rotatable bonds is 7. The lowest BCUT2D eigenvalue weighted by Crippen LogP contribution is -2.22. The van der Waals surface area contributed by atoms with E-state index in [-0.39, 0.29) is 12.2 Å². The lowest BCUT2D eigenvalue weighted by molar-refractivity contribution is 0.282. The van der Waals surface area contributed by atoms with Gasteiger partial charge in [0.2, 0.25) is 0 Å². The molecule has 0 fully saturated rings. The Morgan fingerprint density at radius 2 is 1.83 bits per heavy atom. The number of aryl methyl sites for hydroxylation is 1. The van der Waals surface area contributed by atoms with Crippen LogP contribution in [0.4, 0.5) is 5.82 Å². The largest absolute Gasteiger partial charge is 0.392 e. The van der Waals surface area contributed by atoms with E-state index in [1.165, 1.54) is 4.68 Å². The van der Waals surface area contributed by atoms with Gasteiger partial charge >= 0.3 is 0 Å². The van der Waals surface area contributed by atoms with E-state index in [0.717, 1.165) is 56.5 Å². The minimum absolute atomic E-state index is 0.0648. The molecule has 0 saturated heterocycles. The van der Waals surface area contributed by atoms with Gasteiger partial charge in [-0.1, -0.05) is 56.3 Å². The fraction of sp³-hybridized carbons (Fsp3) is 0.276. The molecular weight excluding hydrogens is 450 g/mol. The molecule has 2 aromatic carbocycles. The van der Waals surface area contributed by atoms with Crippen molar-refractivity contribution in [2.24, 2.45) is 13.0 Å². The van der Waals surface area contributed by atoms with Crippen LogP contribution in [0.5, 0.6) is 0 Å². The van der Waals surface area contributed by atoms with Crippen LogP contribution in [0, 0.1) is 5.92 Å². The molecule has 0 saturated carbocycles. The summed E-state index contributed by atoms with van der Waals surface area (Å²) in [6, 6.07) is 16.0. The normalized spacial score (nSPS) is 11.6. The number of hydrogen-bond acceptors (Lipinski definition) is 5. The van der Waals surface area contributed by atoms with Crippen LogP contribution >= 0.6 is 0 Å². The molecule has 5 aromatic rings. The number of aromatic nitrogens is 4. The summed E-state index contributed by atoms with van der Waals surface area (Å²) in [7, 11) is 3.59. The Morgan fingerprint density at radius 3 is 2.56 bits per heavy atom. The van der Waals surface area contributed by atoms with Gasteiger partial charge in [-0.3, -0.25) is 4.79 Å². The molecule has 0 aliphatic carbocycles. The molecule has 0 amide bonds.